The first kappa shape index (κ1) is 14.0. The van der Waals surface area contributed by atoms with Gasteiger partial charge in [0, 0.05) is 11.8 Å². The molecule has 0 radical (unpaired) electrons. The number of carboxylic acid groups (broad SMARTS) is 1. The van der Waals surface area contributed by atoms with Crippen LogP contribution in [0.1, 0.15) is 10.4 Å². The molecule has 2 aromatic rings. The number of aromatic carboxylic acids is 1. The Morgan fingerprint density at radius 3 is 2.85 bits per heavy atom. The van der Waals surface area contributed by atoms with Gasteiger partial charge < -0.3 is 20.9 Å². The summed E-state index contributed by atoms with van der Waals surface area (Å²) >= 11 is 5.92. The molecule has 0 bridgehead atoms. The first-order valence-electron chi connectivity index (χ1n) is 5.60. The number of carboxylic acids is 1. The molecule has 0 spiro atoms. The quantitative estimate of drug-likeness (QED) is 0.802. The summed E-state index contributed by atoms with van der Waals surface area (Å²) in [7, 11) is 1.50. The fourth-order valence-electron chi connectivity index (χ4n) is 1.62. The third-order valence-electron chi connectivity index (χ3n) is 2.55. The van der Waals surface area contributed by atoms with Crippen molar-refractivity contribution in [3.8, 4) is 5.75 Å². The number of hydrogen-bond acceptors (Lipinski definition) is 5. The Morgan fingerprint density at radius 1 is 1.45 bits per heavy atom. The van der Waals surface area contributed by atoms with E-state index < -0.39 is 5.97 Å². The van der Waals surface area contributed by atoms with E-state index in [1.165, 1.54) is 19.4 Å². The zero-order valence-corrected chi connectivity index (χ0v) is 11.3. The molecule has 1 aromatic heterocycles. The van der Waals surface area contributed by atoms with E-state index in [2.05, 4.69) is 10.3 Å². The Balaban J connectivity index is 2.37. The predicted octanol–water partition coefficient (Wildman–Crippen LogP) is 2.77. The number of ether oxygens (including phenoxy) is 1. The van der Waals surface area contributed by atoms with Crippen LogP contribution in [0.5, 0.6) is 5.75 Å². The molecule has 104 valence electrons. The zero-order valence-electron chi connectivity index (χ0n) is 10.6. The molecule has 1 aromatic carbocycles. The number of benzene rings is 1. The average Bonchev–Trinajstić information content (AvgIpc) is 2.42. The third-order valence-corrected chi connectivity index (χ3v) is 2.87. The highest BCUT2D eigenvalue weighted by molar-refractivity contribution is 6.32. The Labute approximate surface area is 120 Å². The number of methoxy groups -OCH3 is 1. The van der Waals surface area contributed by atoms with Crippen LogP contribution in [-0.4, -0.2) is 23.2 Å². The number of carbonyl (C=O) groups is 1. The highest BCUT2D eigenvalue weighted by atomic mass is 35.5. The monoisotopic (exact) mass is 293 g/mol. The molecule has 0 amide bonds. The summed E-state index contributed by atoms with van der Waals surface area (Å²) in [5.41, 5.74) is 6.40. The number of nitrogens with two attached hydrogens (primary N) is 1. The van der Waals surface area contributed by atoms with Crippen LogP contribution in [0.15, 0.2) is 30.5 Å². The first-order chi connectivity index (χ1) is 9.51. The Morgan fingerprint density at radius 2 is 2.20 bits per heavy atom. The number of anilines is 3. The number of nitrogens with zero attached hydrogens (tertiary/aromatic N) is 1. The van der Waals surface area contributed by atoms with Gasteiger partial charge in [0.1, 0.15) is 17.1 Å². The van der Waals surface area contributed by atoms with Crippen LogP contribution in [0.2, 0.25) is 5.02 Å². The second-order valence-electron chi connectivity index (χ2n) is 3.94. The van der Waals surface area contributed by atoms with Crippen molar-refractivity contribution < 1.29 is 14.6 Å². The van der Waals surface area contributed by atoms with Crippen molar-refractivity contribution in [3.63, 3.8) is 0 Å². The summed E-state index contributed by atoms with van der Waals surface area (Å²) in [6.45, 7) is 0. The molecule has 0 fully saturated rings. The van der Waals surface area contributed by atoms with Crippen LogP contribution < -0.4 is 15.8 Å². The molecule has 6 nitrogen and oxygen atoms in total. The van der Waals surface area contributed by atoms with E-state index in [4.69, 9.17) is 27.2 Å². The number of nitrogens with one attached hydrogen (secondary N) is 1. The lowest BCUT2D eigenvalue weighted by Gasteiger charge is -2.11. The van der Waals surface area contributed by atoms with Crippen LogP contribution in [-0.2, 0) is 0 Å². The largest absolute Gasteiger partial charge is 0.495 e. The number of hydrogen-bond donors (Lipinski definition) is 3. The average molecular weight is 294 g/mol. The lowest BCUT2D eigenvalue weighted by Crippen LogP contribution is -2.06. The molecule has 0 unspecified atom stereocenters. The molecule has 0 aliphatic carbocycles. The molecule has 0 saturated carbocycles. The van der Waals surface area contributed by atoms with Crippen LogP contribution in [0, 0.1) is 0 Å². The number of halogens is 1. The van der Waals surface area contributed by atoms with E-state index in [0.717, 1.165) is 0 Å². The van der Waals surface area contributed by atoms with Crippen molar-refractivity contribution in [2.24, 2.45) is 0 Å². The van der Waals surface area contributed by atoms with Crippen LogP contribution in [0.4, 0.5) is 17.2 Å². The van der Waals surface area contributed by atoms with Gasteiger partial charge in [0.05, 0.1) is 24.0 Å². The van der Waals surface area contributed by atoms with Gasteiger partial charge >= 0.3 is 5.97 Å². The Hall–Kier alpha value is -2.47. The maximum absolute atomic E-state index is 11.2. The van der Waals surface area contributed by atoms with Crippen molar-refractivity contribution in [1.29, 1.82) is 0 Å². The number of nitrogen functional groups attached to an aromatic ring is 1. The number of aromatic nitrogens is 1. The second-order valence-corrected chi connectivity index (χ2v) is 4.35. The van der Waals surface area contributed by atoms with Gasteiger partial charge in [-0.3, -0.25) is 0 Å². The molecule has 0 atom stereocenters. The van der Waals surface area contributed by atoms with Gasteiger partial charge in [-0.15, -0.1) is 0 Å². The summed E-state index contributed by atoms with van der Waals surface area (Å²) in [5.74, 6) is -0.451. The van der Waals surface area contributed by atoms with E-state index in [1.807, 2.05) is 0 Å². The summed E-state index contributed by atoms with van der Waals surface area (Å²) in [4.78, 5) is 15.1. The van der Waals surface area contributed by atoms with Crippen LogP contribution in [0.3, 0.4) is 0 Å². The van der Waals surface area contributed by atoms with E-state index >= 15 is 0 Å². The summed E-state index contributed by atoms with van der Waals surface area (Å²) < 4.78 is 5.09. The van der Waals surface area contributed by atoms with Crippen LogP contribution >= 0.6 is 11.6 Å². The minimum atomic E-state index is -1.12. The number of pyridine rings is 1. The minimum absolute atomic E-state index is 0.0149. The van der Waals surface area contributed by atoms with E-state index in [-0.39, 0.29) is 17.1 Å². The standard InChI is InChI=1S/C13H12ClN3O3/c1-20-11-5-8(2-3-10(11)14)17-12-9(13(18)19)4-7(15)6-16-12/h2-6H,15H2,1H3,(H,16,17)(H,18,19). The van der Waals surface area contributed by atoms with Crippen molar-refractivity contribution in [2.75, 3.05) is 18.2 Å². The highest BCUT2D eigenvalue weighted by Crippen LogP contribution is 2.29. The smallest absolute Gasteiger partial charge is 0.339 e. The van der Waals surface area contributed by atoms with Gasteiger partial charge in [-0.1, -0.05) is 11.6 Å². The van der Waals surface area contributed by atoms with Gasteiger partial charge in [-0.05, 0) is 18.2 Å². The molecule has 7 heteroatoms. The fourth-order valence-corrected chi connectivity index (χ4v) is 1.81. The van der Waals surface area contributed by atoms with Crippen molar-refractivity contribution >= 4 is 34.8 Å². The molecule has 1 heterocycles. The Bertz CT molecular complexity index is 661. The first-order valence-corrected chi connectivity index (χ1v) is 5.98. The van der Waals surface area contributed by atoms with Gasteiger partial charge in [-0.2, -0.15) is 0 Å². The van der Waals surface area contributed by atoms with Gasteiger partial charge in [0.15, 0.2) is 0 Å². The zero-order chi connectivity index (χ0) is 14.7. The summed E-state index contributed by atoms with van der Waals surface area (Å²) in [5, 5.41) is 12.5. The van der Waals surface area contributed by atoms with Crippen molar-refractivity contribution in [1.82, 2.24) is 4.98 Å². The molecule has 0 aliphatic rings. The van der Waals surface area contributed by atoms with Gasteiger partial charge in [0.2, 0.25) is 0 Å². The summed E-state index contributed by atoms with van der Waals surface area (Å²) in [6, 6.07) is 6.31. The van der Waals surface area contributed by atoms with Gasteiger partial charge in [0.25, 0.3) is 0 Å². The maximum atomic E-state index is 11.2. The van der Waals surface area contributed by atoms with Crippen LogP contribution in [0.25, 0.3) is 0 Å². The number of rotatable bonds is 4. The molecule has 0 aliphatic heterocycles. The van der Waals surface area contributed by atoms with Crippen molar-refractivity contribution in [3.05, 3.63) is 41.0 Å². The highest BCUT2D eigenvalue weighted by Gasteiger charge is 2.13. The van der Waals surface area contributed by atoms with E-state index in [9.17, 15) is 4.79 Å². The molecule has 20 heavy (non-hydrogen) atoms. The SMILES string of the molecule is COc1cc(Nc2ncc(N)cc2C(=O)O)ccc1Cl. The normalized spacial score (nSPS) is 10.1. The molecular weight excluding hydrogens is 282 g/mol. The van der Waals surface area contributed by atoms with Crippen molar-refractivity contribution in [2.45, 2.75) is 0 Å². The maximum Gasteiger partial charge on any atom is 0.339 e. The third kappa shape index (κ3) is 2.92. The second kappa shape index (κ2) is 5.66. The predicted molar refractivity (Wildman–Crippen MR) is 76.9 cm³/mol. The lowest BCUT2D eigenvalue weighted by molar-refractivity contribution is 0.0697. The van der Waals surface area contributed by atoms with E-state index in [1.54, 1.807) is 18.2 Å². The molecule has 4 N–H and O–H groups in total. The Kier molecular flexibility index (Phi) is 3.95. The summed E-state index contributed by atoms with van der Waals surface area (Å²) in [6.07, 6.45) is 1.38. The van der Waals surface area contributed by atoms with E-state index in [0.29, 0.717) is 16.5 Å². The molecule has 2 rings (SSSR count). The molecule has 0 saturated heterocycles. The lowest BCUT2D eigenvalue weighted by atomic mass is 10.2. The topological polar surface area (TPSA) is 97.5 Å². The molecular formula is C13H12ClN3O3. The minimum Gasteiger partial charge on any atom is -0.495 e. The fraction of sp³-hybridized carbons (Fsp3) is 0.0769. The van der Waals surface area contributed by atoms with Gasteiger partial charge in [-0.25, -0.2) is 9.78 Å².